The zero-order valence-electron chi connectivity index (χ0n) is 15.0. The van der Waals surface area contributed by atoms with Gasteiger partial charge in [-0.15, -0.1) is 0 Å². The van der Waals surface area contributed by atoms with Gasteiger partial charge in [-0.3, -0.25) is 19.7 Å². The van der Waals surface area contributed by atoms with E-state index in [0.717, 1.165) is 5.69 Å². The van der Waals surface area contributed by atoms with Crippen molar-refractivity contribution in [3.8, 4) is 5.75 Å². The Hall–Kier alpha value is -3.42. The highest BCUT2D eigenvalue weighted by Crippen LogP contribution is 2.25. The molecular formula is C19H19N3O5. The van der Waals surface area contributed by atoms with Crippen LogP contribution >= 0.6 is 0 Å². The maximum atomic E-state index is 12.5. The summed E-state index contributed by atoms with van der Waals surface area (Å²) >= 11 is 0. The predicted octanol–water partition coefficient (Wildman–Crippen LogP) is 2.45. The van der Waals surface area contributed by atoms with E-state index in [9.17, 15) is 19.7 Å². The maximum Gasteiger partial charge on any atom is 0.273 e. The van der Waals surface area contributed by atoms with Crippen molar-refractivity contribution < 1.29 is 19.2 Å². The first-order valence-electron chi connectivity index (χ1n) is 8.40. The number of nitrogens with zero attached hydrogens (tertiary/aromatic N) is 2. The molecule has 0 aromatic heterocycles. The van der Waals surface area contributed by atoms with Gasteiger partial charge in [-0.25, -0.2) is 0 Å². The summed E-state index contributed by atoms with van der Waals surface area (Å²) in [5, 5.41) is 13.8. The summed E-state index contributed by atoms with van der Waals surface area (Å²) in [6, 6.07) is 11.1. The SMILES string of the molecule is COc1ccc(N2CC(NC(=O)c3cccc([N+](=O)[O-])c3C)CC2=O)cc1. The van der Waals surface area contributed by atoms with E-state index in [1.54, 1.807) is 36.3 Å². The number of ether oxygens (including phenoxy) is 1. The van der Waals surface area contributed by atoms with E-state index < -0.39 is 10.8 Å². The molecule has 1 saturated heterocycles. The van der Waals surface area contributed by atoms with Crippen LogP contribution in [-0.2, 0) is 4.79 Å². The first kappa shape index (κ1) is 18.4. The van der Waals surface area contributed by atoms with Crippen molar-refractivity contribution in [3.63, 3.8) is 0 Å². The molecule has 1 heterocycles. The molecule has 1 fully saturated rings. The van der Waals surface area contributed by atoms with E-state index in [-0.39, 0.29) is 29.6 Å². The lowest BCUT2D eigenvalue weighted by molar-refractivity contribution is -0.385. The second-order valence-corrected chi connectivity index (χ2v) is 6.28. The number of methoxy groups -OCH3 is 1. The summed E-state index contributed by atoms with van der Waals surface area (Å²) in [6.07, 6.45) is 0.172. The summed E-state index contributed by atoms with van der Waals surface area (Å²) in [5.41, 5.74) is 1.16. The molecule has 1 atom stereocenters. The quantitative estimate of drug-likeness (QED) is 0.644. The van der Waals surface area contributed by atoms with Crippen molar-refractivity contribution in [2.75, 3.05) is 18.6 Å². The number of benzene rings is 2. The number of nitrogens with one attached hydrogen (secondary N) is 1. The molecule has 0 bridgehead atoms. The van der Waals surface area contributed by atoms with Crippen molar-refractivity contribution >= 4 is 23.2 Å². The van der Waals surface area contributed by atoms with Crippen LogP contribution < -0.4 is 15.0 Å². The van der Waals surface area contributed by atoms with Crippen molar-refractivity contribution in [1.82, 2.24) is 5.32 Å². The minimum Gasteiger partial charge on any atom is -0.497 e. The van der Waals surface area contributed by atoms with Crippen LogP contribution in [0.15, 0.2) is 42.5 Å². The highest BCUT2D eigenvalue weighted by Gasteiger charge is 2.32. The van der Waals surface area contributed by atoms with Crippen LogP contribution in [0.1, 0.15) is 22.3 Å². The first-order chi connectivity index (χ1) is 12.9. The smallest absolute Gasteiger partial charge is 0.273 e. The number of anilines is 1. The van der Waals surface area contributed by atoms with Crippen molar-refractivity contribution in [2.45, 2.75) is 19.4 Å². The summed E-state index contributed by atoms with van der Waals surface area (Å²) in [4.78, 5) is 37.0. The Kier molecular flexibility index (Phi) is 5.07. The fraction of sp³-hybridized carbons (Fsp3) is 0.263. The third kappa shape index (κ3) is 3.74. The predicted molar refractivity (Wildman–Crippen MR) is 99.1 cm³/mol. The zero-order valence-corrected chi connectivity index (χ0v) is 15.0. The van der Waals surface area contributed by atoms with E-state index in [1.807, 2.05) is 0 Å². The van der Waals surface area contributed by atoms with Crippen LogP contribution in [0.2, 0.25) is 0 Å². The number of carbonyl (C=O) groups excluding carboxylic acids is 2. The van der Waals surface area contributed by atoms with Crippen molar-refractivity contribution in [3.05, 3.63) is 63.7 Å². The molecular weight excluding hydrogens is 350 g/mol. The number of amides is 2. The van der Waals surface area contributed by atoms with E-state index in [1.165, 1.54) is 25.1 Å². The van der Waals surface area contributed by atoms with Crippen LogP contribution in [0.3, 0.4) is 0 Å². The van der Waals surface area contributed by atoms with Gasteiger partial charge in [0.05, 0.1) is 18.1 Å². The molecule has 1 aliphatic rings. The number of hydrogen-bond acceptors (Lipinski definition) is 5. The molecule has 2 aromatic rings. The van der Waals surface area contributed by atoms with E-state index in [0.29, 0.717) is 17.9 Å². The van der Waals surface area contributed by atoms with Gasteiger partial charge in [-0.2, -0.15) is 0 Å². The molecule has 8 heteroatoms. The molecule has 1 N–H and O–H groups in total. The molecule has 140 valence electrons. The van der Waals surface area contributed by atoms with Gasteiger partial charge in [0.25, 0.3) is 11.6 Å². The molecule has 2 aromatic carbocycles. The van der Waals surface area contributed by atoms with Gasteiger partial charge in [0.15, 0.2) is 0 Å². The summed E-state index contributed by atoms with van der Waals surface area (Å²) in [7, 11) is 1.57. The largest absolute Gasteiger partial charge is 0.497 e. The maximum absolute atomic E-state index is 12.5. The van der Waals surface area contributed by atoms with Crippen LogP contribution in [0.4, 0.5) is 11.4 Å². The number of carbonyl (C=O) groups is 2. The second kappa shape index (κ2) is 7.45. The standard InChI is InChI=1S/C19H19N3O5/c1-12-16(4-3-5-17(12)22(25)26)19(24)20-13-10-18(23)21(11-13)14-6-8-15(27-2)9-7-14/h3-9,13H,10-11H2,1-2H3,(H,20,24). The lowest BCUT2D eigenvalue weighted by Gasteiger charge is -2.18. The number of nitro groups is 1. The van der Waals surface area contributed by atoms with Gasteiger partial charge in [-0.1, -0.05) is 6.07 Å². The summed E-state index contributed by atoms with van der Waals surface area (Å²) < 4.78 is 5.11. The average molecular weight is 369 g/mol. The lowest BCUT2D eigenvalue weighted by Crippen LogP contribution is -2.37. The highest BCUT2D eigenvalue weighted by atomic mass is 16.6. The van der Waals surface area contributed by atoms with E-state index >= 15 is 0 Å². The van der Waals surface area contributed by atoms with E-state index in [4.69, 9.17) is 4.74 Å². The van der Waals surface area contributed by atoms with E-state index in [2.05, 4.69) is 5.32 Å². The average Bonchev–Trinajstić information content (AvgIpc) is 3.01. The van der Waals surface area contributed by atoms with Crippen molar-refractivity contribution in [2.24, 2.45) is 0 Å². The summed E-state index contributed by atoms with van der Waals surface area (Å²) in [5.74, 6) is 0.170. The Labute approximate surface area is 155 Å². The van der Waals surface area contributed by atoms with Gasteiger partial charge in [0.1, 0.15) is 5.75 Å². The number of hydrogen-bond donors (Lipinski definition) is 1. The van der Waals surface area contributed by atoms with Crippen molar-refractivity contribution in [1.29, 1.82) is 0 Å². The topological polar surface area (TPSA) is 102 Å². The fourth-order valence-corrected chi connectivity index (χ4v) is 3.15. The molecule has 1 aliphatic heterocycles. The molecule has 2 amide bonds. The number of rotatable bonds is 5. The highest BCUT2D eigenvalue weighted by molar-refractivity contribution is 6.00. The molecule has 0 spiro atoms. The third-order valence-electron chi connectivity index (χ3n) is 4.59. The van der Waals surface area contributed by atoms with Crippen LogP contribution in [0.5, 0.6) is 5.75 Å². The van der Waals surface area contributed by atoms with Crippen LogP contribution in [0, 0.1) is 17.0 Å². The molecule has 1 unspecified atom stereocenters. The van der Waals surface area contributed by atoms with Gasteiger partial charge >= 0.3 is 0 Å². The van der Waals surface area contributed by atoms with Gasteiger partial charge < -0.3 is 15.0 Å². The molecule has 3 rings (SSSR count). The minimum absolute atomic E-state index is 0.0961. The molecule has 0 aliphatic carbocycles. The zero-order chi connectivity index (χ0) is 19.6. The van der Waals surface area contributed by atoms with Crippen LogP contribution in [0.25, 0.3) is 0 Å². The Morgan fingerprint density at radius 1 is 1.26 bits per heavy atom. The second-order valence-electron chi connectivity index (χ2n) is 6.28. The fourth-order valence-electron chi connectivity index (χ4n) is 3.15. The molecule has 0 saturated carbocycles. The molecule has 0 radical (unpaired) electrons. The third-order valence-corrected chi connectivity index (χ3v) is 4.59. The normalized spacial score (nSPS) is 16.3. The lowest BCUT2D eigenvalue weighted by atomic mass is 10.1. The van der Waals surface area contributed by atoms with Gasteiger partial charge in [0, 0.05) is 35.8 Å². The Morgan fingerprint density at radius 3 is 2.59 bits per heavy atom. The Bertz CT molecular complexity index is 895. The molecule has 8 nitrogen and oxygen atoms in total. The monoisotopic (exact) mass is 369 g/mol. The Balaban J connectivity index is 1.72. The molecule has 27 heavy (non-hydrogen) atoms. The Morgan fingerprint density at radius 2 is 1.96 bits per heavy atom. The van der Waals surface area contributed by atoms with Gasteiger partial charge in [-0.05, 0) is 37.3 Å². The minimum atomic E-state index is -0.517. The van der Waals surface area contributed by atoms with Crippen LogP contribution in [-0.4, -0.2) is 36.4 Å². The number of nitro benzene ring substituents is 1. The first-order valence-corrected chi connectivity index (χ1v) is 8.40. The van der Waals surface area contributed by atoms with Gasteiger partial charge in [0.2, 0.25) is 5.91 Å². The summed E-state index contributed by atoms with van der Waals surface area (Å²) in [6.45, 7) is 1.88.